The topological polar surface area (TPSA) is 101 Å². The molecule has 7 heteroatoms. The van der Waals surface area contributed by atoms with Crippen LogP contribution in [0.25, 0.3) is 0 Å². The number of ketones is 1. The predicted molar refractivity (Wildman–Crippen MR) is 99.4 cm³/mol. The van der Waals surface area contributed by atoms with Crippen molar-refractivity contribution < 1.29 is 14.5 Å². The van der Waals surface area contributed by atoms with Crippen molar-refractivity contribution in [1.29, 1.82) is 0 Å². The van der Waals surface area contributed by atoms with Crippen molar-refractivity contribution in [2.45, 2.75) is 26.3 Å². The smallest absolute Gasteiger partial charge is 0.293 e. The Morgan fingerprint density at radius 1 is 1.04 bits per heavy atom. The number of nitro benzene ring substituents is 1. The first-order valence-electron chi connectivity index (χ1n) is 8.10. The fourth-order valence-electron chi connectivity index (χ4n) is 2.37. The molecular formula is C19H21N3O4. The summed E-state index contributed by atoms with van der Waals surface area (Å²) in [5.74, 6) is -0.582. The second-order valence-electron chi connectivity index (χ2n) is 6.84. The van der Waals surface area contributed by atoms with E-state index in [0.717, 1.165) is 0 Å². The van der Waals surface area contributed by atoms with E-state index < -0.39 is 10.5 Å². The van der Waals surface area contributed by atoms with E-state index in [-0.39, 0.29) is 35.2 Å². The van der Waals surface area contributed by atoms with Crippen LogP contribution in [0.5, 0.6) is 0 Å². The minimum Gasteiger partial charge on any atom is -0.371 e. The highest BCUT2D eigenvalue weighted by Crippen LogP contribution is 2.26. The van der Waals surface area contributed by atoms with Crippen LogP contribution in [0.4, 0.5) is 11.4 Å². The molecule has 0 aliphatic rings. The summed E-state index contributed by atoms with van der Waals surface area (Å²) in [4.78, 5) is 35.1. The molecular weight excluding hydrogens is 334 g/mol. The average molecular weight is 355 g/mol. The third kappa shape index (κ3) is 5.14. The molecule has 7 nitrogen and oxygen atoms in total. The van der Waals surface area contributed by atoms with Crippen LogP contribution < -0.4 is 10.6 Å². The summed E-state index contributed by atoms with van der Waals surface area (Å²) < 4.78 is 0. The zero-order chi connectivity index (χ0) is 19.3. The minimum atomic E-state index is -0.578. The van der Waals surface area contributed by atoms with E-state index in [1.165, 1.54) is 18.2 Å². The number of carbonyl (C=O) groups excluding carboxylic acids is 2. The highest BCUT2D eigenvalue weighted by molar-refractivity contribution is 6.09. The number of hydrogen-bond donors (Lipinski definition) is 2. The van der Waals surface area contributed by atoms with Crippen LogP contribution in [0.1, 0.15) is 36.7 Å². The summed E-state index contributed by atoms with van der Waals surface area (Å²) in [7, 11) is 0. The van der Waals surface area contributed by atoms with Gasteiger partial charge in [0.2, 0.25) is 5.91 Å². The minimum absolute atomic E-state index is 0.107. The molecule has 2 aromatic carbocycles. The first-order valence-corrected chi connectivity index (χ1v) is 8.10. The van der Waals surface area contributed by atoms with Gasteiger partial charge in [-0.2, -0.15) is 0 Å². The Kier molecular flexibility index (Phi) is 5.71. The van der Waals surface area contributed by atoms with E-state index in [2.05, 4.69) is 10.6 Å². The van der Waals surface area contributed by atoms with Crippen LogP contribution in [0, 0.1) is 10.1 Å². The second-order valence-corrected chi connectivity index (χ2v) is 6.84. The molecule has 0 fully saturated rings. The third-order valence-corrected chi connectivity index (χ3v) is 3.45. The lowest BCUT2D eigenvalue weighted by molar-refractivity contribution is -0.384. The van der Waals surface area contributed by atoms with Gasteiger partial charge in [-0.15, -0.1) is 0 Å². The molecule has 0 saturated carbocycles. The van der Waals surface area contributed by atoms with Crippen molar-refractivity contribution in [2.75, 3.05) is 11.9 Å². The van der Waals surface area contributed by atoms with Crippen LogP contribution >= 0.6 is 0 Å². The van der Waals surface area contributed by atoms with Crippen molar-refractivity contribution in [1.82, 2.24) is 5.32 Å². The maximum Gasteiger partial charge on any atom is 0.293 e. The van der Waals surface area contributed by atoms with Crippen LogP contribution in [0.3, 0.4) is 0 Å². The zero-order valence-corrected chi connectivity index (χ0v) is 14.9. The molecule has 0 spiro atoms. The number of anilines is 1. The summed E-state index contributed by atoms with van der Waals surface area (Å²) in [5.41, 5.74) is 0.204. The highest BCUT2D eigenvalue weighted by atomic mass is 16.6. The molecule has 0 radical (unpaired) electrons. The van der Waals surface area contributed by atoms with Crippen LogP contribution in [-0.2, 0) is 4.79 Å². The van der Waals surface area contributed by atoms with E-state index >= 15 is 0 Å². The maximum absolute atomic E-state index is 12.4. The van der Waals surface area contributed by atoms with Gasteiger partial charge in [0.1, 0.15) is 5.69 Å². The summed E-state index contributed by atoms with van der Waals surface area (Å²) >= 11 is 0. The van der Waals surface area contributed by atoms with E-state index in [9.17, 15) is 19.7 Å². The number of nitrogens with one attached hydrogen (secondary N) is 2. The molecule has 2 rings (SSSR count). The van der Waals surface area contributed by atoms with Gasteiger partial charge >= 0.3 is 0 Å². The Morgan fingerprint density at radius 3 is 2.27 bits per heavy atom. The van der Waals surface area contributed by atoms with Crippen molar-refractivity contribution >= 4 is 23.1 Å². The quantitative estimate of drug-likeness (QED) is 0.471. The fourth-order valence-corrected chi connectivity index (χ4v) is 2.37. The van der Waals surface area contributed by atoms with Crippen molar-refractivity contribution in [3.63, 3.8) is 0 Å². The molecule has 0 bridgehead atoms. The standard InChI is InChI=1S/C19H21N3O4/c1-19(2,3)21-17(23)12-20-15-10-9-14(11-16(15)22(25)26)18(24)13-7-5-4-6-8-13/h4-11,20H,12H2,1-3H3,(H,21,23). The Morgan fingerprint density at radius 2 is 1.69 bits per heavy atom. The molecule has 2 aromatic rings. The maximum atomic E-state index is 12.4. The zero-order valence-electron chi connectivity index (χ0n) is 14.9. The molecule has 0 unspecified atom stereocenters. The Labute approximate surface area is 151 Å². The van der Waals surface area contributed by atoms with Gasteiger partial charge in [-0.25, -0.2) is 0 Å². The molecule has 2 N–H and O–H groups in total. The molecule has 136 valence electrons. The van der Waals surface area contributed by atoms with E-state index in [0.29, 0.717) is 5.56 Å². The number of benzene rings is 2. The molecule has 0 aliphatic carbocycles. The van der Waals surface area contributed by atoms with Crippen molar-refractivity contribution in [3.8, 4) is 0 Å². The van der Waals surface area contributed by atoms with E-state index in [4.69, 9.17) is 0 Å². The van der Waals surface area contributed by atoms with Crippen LogP contribution in [0.2, 0.25) is 0 Å². The molecule has 0 aromatic heterocycles. The lowest BCUT2D eigenvalue weighted by atomic mass is 10.0. The fraction of sp³-hybridized carbons (Fsp3) is 0.263. The average Bonchev–Trinajstić information content (AvgIpc) is 2.58. The number of nitrogens with zero attached hydrogens (tertiary/aromatic N) is 1. The molecule has 0 saturated heterocycles. The van der Waals surface area contributed by atoms with Gasteiger partial charge < -0.3 is 10.6 Å². The Bertz CT molecular complexity index is 826. The third-order valence-electron chi connectivity index (χ3n) is 3.45. The Balaban J connectivity index is 2.20. The Hall–Kier alpha value is -3.22. The number of amides is 1. The molecule has 1 amide bonds. The normalized spacial score (nSPS) is 10.9. The largest absolute Gasteiger partial charge is 0.371 e. The second kappa shape index (κ2) is 7.77. The SMILES string of the molecule is CC(C)(C)NC(=O)CNc1ccc(C(=O)c2ccccc2)cc1[N+](=O)[O-]. The van der Waals surface area contributed by atoms with Crippen LogP contribution in [0.15, 0.2) is 48.5 Å². The molecule has 26 heavy (non-hydrogen) atoms. The first-order chi connectivity index (χ1) is 12.2. The van der Waals surface area contributed by atoms with Gasteiger partial charge in [0.15, 0.2) is 5.78 Å². The van der Waals surface area contributed by atoms with Gasteiger partial charge in [-0.3, -0.25) is 19.7 Å². The predicted octanol–water partition coefficient (Wildman–Crippen LogP) is 3.15. The lowest BCUT2D eigenvalue weighted by Gasteiger charge is -2.20. The van der Waals surface area contributed by atoms with Crippen molar-refractivity contribution in [2.24, 2.45) is 0 Å². The summed E-state index contributed by atoms with van der Waals surface area (Å²) in [5, 5.41) is 16.9. The van der Waals surface area contributed by atoms with E-state index in [1.807, 2.05) is 20.8 Å². The number of carbonyl (C=O) groups is 2. The summed E-state index contributed by atoms with van der Waals surface area (Å²) in [6, 6.07) is 12.7. The highest BCUT2D eigenvalue weighted by Gasteiger charge is 2.20. The number of rotatable bonds is 6. The molecule has 0 atom stereocenters. The van der Waals surface area contributed by atoms with Gasteiger partial charge in [0.25, 0.3) is 5.69 Å². The van der Waals surface area contributed by atoms with Gasteiger partial charge in [0.05, 0.1) is 11.5 Å². The lowest BCUT2D eigenvalue weighted by Crippen LogP contribution is -2.43. The summed E-state index contributed by atoms with van der Waals surface area (Å²) in [6.07, 6.45) is 0. The van der Waals surface area contributed by atoms with Gasteiger partial charge in [-0.05, 0) is 32.9 Å². The van der Waals surface area contributed by atoms with Crippen LogP contribution in [-0.4, -0.2) is 28.7 Å². The number of nitro groups is 1. The summed E-state index contributed by atoms with van der Waals surface area (Å²) in [6.45, 7) is 5.43. The van der Waals surface area contributed by atoms with Gasteiger partial charge in [-0.1, -0.05) is 30.3 Å². The first kappa shape index (κ1) is 19.1. The molecule has 0 heterocycles. The van der Waals surface area contributed by atoms with Gasteiger partial charge in [0, 0.05) is 22.7 Å². The number of hydrogen-bond acceptors (Lipinski definition) is 5. The van der Waals surface area contributed by atoms with Crippen molar-refractivity contribution in [3.05, 3.63) is 69.8 Å². The van der Waals surface area contributed by atoms with E-state index in [1.54, 1.807) is 30.3 Å². The molecule has 0 aliphatic heterocycles. The monoisotopic (exact) mass is 355 g/mol.